The molecule has 0 aromatic heterocycles. The van der Waals surface area contributed by atoms with Gasteiger partial charge >= 0.3 is 5.97 Å². The van der Waals surface area contributed by atoms with Gasteiger partial charge in [0.1, 0.15) is 0 Å². The molecule has 0 radical (unpaired) electrons. The molecule has 1 aliphatic rings. The Balaban J connectivity index is 2.46. The summed E-state index contributed by atoms with van der Waals surface area (Å²) in [7, 11) is 1.30. The molecule has 0 aliphatic carbocycles. The van der Waals surface area contributed by atoms with Crippen molar-refractivity contribution in [2.45, 2.75) is 44.5 Å². The normalized spacial score (nSPS) is 33.3. The first-order valence-electron chi connectivity index (χ1n) is 4.60. The zero-order valence-electron chi connectivity index (χ0n) is 8.03. The number of esters is 1. The summed E-state index contributed by atoms with van der Waals surface area (Å²) in [4.78, 5) is 11.1. The molecular weight excluding hydrogens is 172 g/mol. The molecule has 76 valence electrons. The van der Waals surface area contributed by atoms with E-state index in [2.05, 4.69) is 4.74 Å². The van der Waals surface area contributed by atoms with E-state index >= 15 is 0 Å². The predicted octanol–water partition coefficient (Wildman–Crippen LogP) is 0.478. The third-order valence-electron chi connectivity index (χ3n) is 2.24. The fourth-order valence-corrected chi connectivity index (χ4v) is 1.58. The maximum absolute atomic E-state index is 11.1. The van der Waals surface area contributed by atoms with Gasteiger partial charge in [0.15, 0.2) is 6.10 Å². The fraction of sp³-hybridized carbons (Fsp3) is 0.889. The van der Waals surface area contributed by atoms with Gasteiger partial charge in [0.25, 0.3) is 0 Å². The summed E-state index contributed by atoms with van der Waals surface area (Å²) in [6, 6.07) is 0. The van der Waals surface area contributed by atoms with Crippen molar-refractivity contribution in [1.29, 1.82) is 0 Å². The van der Waals surface area contributed by atoms with Crippen LogP contribution >= 0.6 is 0 Å². The van der Waals surface area contributed by atoms with Crippen molar-refractivity contribution in [3.63, 3.8) is 0 Å². The molecule has 4 nitrogen and oxygen atoms in total. The van der Waals surface area contributed by atoms with Crippen LogP contribution in [0, 0.1) is 0 Å². The summed E-state index contributed by atoms with van der Waals surface area (Å²) in [5.74, 6) is -0.480. The van der Waals surface area contributed by atoms with Gasteiger partial charge in [-0.2, -0.15) is 0 Å². The molecule has 0 aromatic rings. The maximum Gasteiger partial charge on any atom is 0.337 e. The number of carbonyl (C=O) groups is 1. The third-order valence-corrected chi connectivity index (χ3v) is 2.24. The van der Waals surface area contributed by atoms with Crippen molar-refractivity contribution in [2.75, 3.05) is 7.11 Å². The minimum atomic E-state index is -0.776. The maximum atomic E-state index is 11.1. The Hall–Kier alpha value is -0.610. The minimum Gasteiger partial charge on any atom is -0.467 e. The van der Waals surface area contributed by atoms with Crippen LogP contribution in [-0.2, 0) is 14.3 Å². The predicted molar refractivity (Wildman–Crippen MR) is 46.2 cm³/mol. The van der Waals surface area contributed by atoms with Crippen molar-refractivity contribution in [3.05, 3.63) is 0 Å². The first-order valence-corrected chi connectivity index (χ1v) is 4.60. The van der Waals surface area contributed by atoms with E-state index in [1.54, 1.807) is 0 Å². The van der Waals surface area contributed by atoms with Crippen LogP contribution in [0.3, 0.4) is 0 Å². The van der Waals surface area contributed by atoms with Crippen molar-refractivity contribution < 1.29 is 19.4 Å². The van der Waals surface area contributed by atoms with Crippen LogP contribution in [0.4, 0.5) is 0 Å². The second-order valence-corrected chi connectivity index (χ2v) is 3.29. The highest BCUT2D eigenvalue weighted by molar-refractivity contribution is 5.75. The highest BCUT2D eigenvalue weighted by Gasteiger charge is 2.38. The summed E-state index contributed by atoms with van der Waals surface area (Å²) >= 11 is 0. The molecule has 1 fully saturated rings. The smallest absolute Gasteiger partial charge is 0.337 e. The number of ether oxygens (including phenoxy) is 2. The van der Waals surface area contributed by atoms with Gasteiger partial charge in [-0.3, -0.25) is 0 Å². The van der Waals surface area contributed by atoms with E-state index in [1.165, 1.54) is 7.11 Å². The zero-order valence-corrected chi connectivity index (χ0v) is 8.03. The monoisotopic (exact) mass is 188 g/mol. The average molecular weight is 188 g/mol. The summed E-state index contributed by atoms with van der Waals surface area (Å²) in [5, 5.41) is 9.46. The fourth-order valence-electron chi connectivity index (χ4n) is 1.58. The van der Waals surface area contributed by atoms with E-state index in [-0.39, 0.29) is 6.10 Å². The van der Waals surface area contributed by atoms with Crippen LogP contribution < -0.4 is 0 Å². The summed E-state index contributed by atoms with van der Waals surface area (Å²) in [6.07, 6.45) is 0.929. The Morgan fingerprint density at radius 3 is 2.92 bits per heavy atom. The molecule has 13 heavy (non-hydrogen) atoms. The second kappa shape index (κ2) is 4.58. The Labute approximate surface area is 77.8 Å². The largest absolute Gasteiger partial charge is 0.467 e. The second-order valence-electron chi connectivity index (χ2n) is 3.29. The molecule has 3 atom stereocenters. The number of hydrogen-bond donors (Lipinski definition) is 1. The lowest BCUT2D eigenvalue weighted by Crippen LogP contribution is -2.31. The molecule has 0 amide bonds. The lowest BCUT2D eigenvalue weighted by molar-refractivity contribution is -0.157. The van der Waals surface area contributed by atoms with Crippen LogP contribution in [0.2, 0.25) is 0 Å². The lowest BCUT2D eigenvalue weighted by Gasteiger charge is -2.11. The topological polar surface area (TPSA) is 55.8 Å². The van der Waals surface area contributed by atoms with E-state index in [0.717, 1.165) is 12.8 Å². The number of aliphatic hydroxyl groups is 1. The van der Waals surface area contributed by atoms with Crippen LogP contribution in [0.1, 0.15) is 26.2 Å². The lowest BCUT2D eigenvalue weighted by atomic mass is 10.1. The molecule has 0 spiro atoms. The molecule has 1 heterocycles. The van der Waals surface area contributed by atoms with Crippen LogP contribution in [0.15, 0.2) is 0 Å². The van der Waals surface area contributed by atoms with Gasteiger partial charge in [0.05, 0.1) is 19.3 Å². The van der Waals surface area contributed by atoms with Gasteiger partial charge in [0, 0.05) is 6.42 Å². The van der Waals surface area contributed by atoms with E-state index in [4.69, 9.17) is 4.74 Å². The zero-order chi connectivity index (χ0) is 9.84. The van der Waals surface area contributed by atoms with Crippen LogP contribution in [-0.4, -0.2) is 36.5 Å². The summed E-state index contributed by atoms with van der Waals surface area (Å²) in [6.45, 7) is 2.04. The first kappa shape index (κ1) is 10.5. The minimum absolute atomic E-state index is 0.00380. The Kier molecular flexibility index (Phi) is 3.69. The van der Waals surface area contributed by atoms with E-state index in [9.17, 15) is 9.90 Å². The molecule has 0 aromatic carbocycles. The number of hydrogen-bond acceptors (Lipinski definition) is 4. The van der Waals surface area contributed by atoms with Crippen molar-refractivity contribution in [3.8, 4) is 0 Å². The molecule has 0 saturated carbocycles. The van der Waals surface area contributed by atoms with Crippen LogP contribution in [0.5, 0.6) is 0 Å². The molecule has 4 heteroatoms. The number of aliphatic hydroxyl groups excluding tert-OH is 1. The highest BCUT2D eigenvalue weighted by Crippen LogP contribution is 2.24. The van der Waals surface area contributed by atoms with Crippen molar-refractivity contribution in [1.82, 2.24) is 0 Å². The van der Waals surface area contributed by atoms with Gasteiger partial charge in [-0.1, -0.05) is 13.3 Å². The summed E-state index contributed by atoms with van der Waals surface area (Å²) < 4.78 is 9.85. The molecule has 1 N–H and O–H groups in total. The number of methoxy groups -OCH3 is 1. The van der Waals surface area contributed by atoms with Gasteiger partial charge in [-0.05, 0) is 6.42 Å². The molecule has 0 bridgehead atoms. The van der Waals surface area contributed by atoms with E-state index < -0.39 is 18.2 Å². The van der Waals surface area contributed by atoms with Gasteiger partial charge in [-0.15, -0.1) is 0 Å². The van der Waals surface area contributed by atoms with Gasteiger partial charge in [-0.25, -0.2) is 4.79 Å². The third kappa shape index (κ3) is 2.42. The SMILES string of the molecule is CCCC1C[C@@H](O)C(C(=O)OC)O1. The first-order chi connectivity index (χ1) is 6.19. The quantitative estimate of drug-likeness (QED) is 0.654. The van der Waals surface area contributed by atoms with Crippen molar-refractivity contribution >= 4 is 5.97 Å². The van der Waals surface area contributed by atoms with E-state index in [0.29, 0.717) is 6.42 Å². The Morgan fingerprint density at radius 2 is 2.38 bits per heavy atom. The Morgan fingerprint density at radius 1 is 1.69 bits per heavy atom. The molecular formula is C9H16O4. The molecule has 1 rings (SSSR count). The molecule has 1 saturated heterocycles. The average Bonchev–Trinajstić information content (AvgIpc) is 2.46. The van der Waals surface area contributed by atoms with Gasteiger partial charge < -0.3 is 14.6 Å². The van der Waals surface area contributed by atoms with E-state index in [1.807, 2.05) is 6.92 Å². The highest BCUT2D eigenvalue weighted by atomic mass is 16.6. The van der Waals surface area contributed by atoms with Gasteiger partial charge in [0.2, 0.25) is 0 Å². The summed E-state index contributed by atoms with van der Waals surface area (Å²) in [5.41, 5.74) is 0. The Bertz CT molecular complexity index is 180. The van der Waals surface area contributed by atoms with Crippen molar-refractivity contribution in [2.24, 2.45) is 0 Å². The molecule has 2 unspecified atom stereocenters. The molecule has 1 aliphatic heterocycles. The standard InChI is InChI=1S/C9H16O4/c1-3-4-6-5-7(10)8(13-6)9(11)12-2/h6-8,10H,3-5H2,1-2H3/t6?,7-,8?/m1/s1. The number of rotatable bonds is 3. The number of carbonyl (C=O) groups excluding carboxylic acids is 1. The van der Waals surface area contributed by atoms with Crippen LogP contribution in [0.25, 0.3) is 0 Å².